The van der Waals surface area contributed by atoms with Gasteiger partial charge in [0.2, 0.25) is 15.9 Å². The zero-order chi connectivity index (χ0) is 17.6. The van der Waals surface area contributed by atoms with E-state index < -0.39 is 15.8 Å². The van der Waals surface area contributed by atoms with E-state index in [0.29, 0.717) is 32.7 Å². The number of benzene rings is 1. The van der Waals surface area contributed by atoms with E-state index >= 15 is 0 Å². The lowest BCUT2D eigenvalue weighted by Gasteiger charge is -2.33. The Morgan fingerprint density at radius 2 is 1.96 bits per heavy atom. The molecule has 0 aliphatic carbocycles. The van der Waals surface area contributed by atoms with Gasteiger partial charge in [-0.05, 0) is 24.6 Å². The first kappa shape index (κ1) is 18.8. The average Bonchev–Trinajstić information content (AvgIpc) is 2.55. The number of halogens is 1. The zero-order valence-electron chi connectivity index (χ0n) is 13.9. The van der Waals surface area contributed by atoms with Gasteiger partial charge in [-0.15, -0.1) is 0 Å². The second kappa shape index (κ2) is 8.55. The molecule has 1 aliphatic rings. The summed E-state index contributed by atoms with van der Waals surface area (Å²) in [4.78, 5) is 13.7. The lowest BCUT2D eigenvalue weighted by Crippen LogP contribution is -2.51. The summed E-state index contributed by atoms with van der Waals surface area (Å²) < 4.78 is 39.6. The number of hydrogen-bond acceptors (Lipinski definition) is 4. The van der Waals surface area contributed by atoms with E-state index in [1.807, 2.05) is 4.90 Å². The van der Waals surface area contributed by atoms with E-state index in [1.54, 1.807) is 0 Å². The second-order valence-electron chi connectivity index (χ2n) is 5.84. The summed E-state index contributed by atoms with van der Waals surface area (Å²) >= 11 is 0. The van der Waals surface area contributed by atoms with Gasteiger partial charge in [0.1, 0.15) is 5.82 Å². The third-order valence-electron chi connectivity index (χ3n) is 3.98. The molecule has 1 aromatic carbocycles. The largest absolute Gasteiger partial charge is 0.355 e. The minimum absolute atomic E-state index is 0.0340. The average molecular weight is 357 g/mol. The molecule has 134 valence electrons. The number of rotatable bonds is 7. The quantitative estimate of drug-likeness (QED) is 0.741. The molecule has 0 radical (unpaired) electrons. The molecule has 8 heteroatoms. The van der Waals surface area contributed by atoms with E-state index in [-0.39, 0.29) is 17.3 Å². The highest BCUT2D eigenvalue weighted by Crippen LogP contribution is 2.18. The first-order chi connectivity index (χ1) is 11.4. The lowest BCUT2D eigenvalue weighted by molar-refractivity contribution is -0.122. The summed E-state index contributed by atoms with van der Waals surface area (Å²) in [5.41, 5.74) is 0. The Morgan fingerprint density at radius 3 is 2.58 bits per heavy atom. The van der Waals surface area contributed by atoms with E-state index in [1.165, 1.54) is 22.5 Å². The number of amides is 1. The first-order valence-corrected chi connectivity index (χ1v) is 9.62. The molecule has 1 amide bonds. The molecule has 1 heterocycles. The topological polar surface area (TPSA) is 69.7 Å². The number of carbonyl (C=O) groups is 1. The van der Waals surface area contributed by atoms with Crippen LogP contribution in [0.2, 0.25) is 0 Å². The van der Waals surface area contributed by atoms with E-state index in [9.17, 15) is 17.6 Å². The van der Waals surface area contributed by atoms with Gasteiger partial charge in [-0.1, -0.05) is 19.4 Å². The number of nitrogens with zero attached hydrogens (tertiary/aromatic N) is 2. The number of hydrogen-bond donors (Lipinski definition) is 1. The zero-order valence-corrected chi connectivity index (χ0v) is 14.7. The third-order valence-corrected chi connectivity index (χ3v) is 5.88. The van der Waals surface area contributed by atoms with Gasteiger partial charge >= 0.3 is 0 Å². The Hall–Kier alpha value is -1.51. The molecule has 0 unspecified atom stereocenters. The Morgan fingerprint density at radius 1 is 1.25 bits per heavy atom. The van der Waals surface area contributed by atoms with Crippen molar-refractivity contribution in [3.05, 3.63) is 30.1 Å². The van der Waals surface area contributed by atoms with Crippen LogP contribution in [0.5, 0.6) is 0 Å². The van der Waals surface area contributed by atoms with Crippen LogP contribution in [-0.4, -0.2) is 62.8 Å². The van der Waals surface area contributed by atoms with Crippen molar-refractivity contribution in [2.75, 3.05) is 39.3 Å². The highest BCUT2D eigenvalue weighted by molar-refractivity contribution is 7.89. The molecule has 0 spiro atoms. The summed E-state index contributed by atoms with van der Waals surface area (Å²) in [6, 6.07) is 5.03. The van der Waals surface area contributed by atoms with Gasteiger partial charge in [-0.2, -0.15) is 4.31 Å². The Balaban J connectivity index is 1.87. The van der Waals surface area contributed by atoms with Gasteiger partial charge in [0.05, 0.1) is 11.4 Å². The van der Waals surface area contributed by atoms with Gasteiger partial charge in [-0.25, -0.2) is 12.8 Å². The predicted molar refractivity (Wildman–Crippen MR) is 89.5 cm³/mol. The van der Waals surface area contributed by atoms with Crippen molar-refractivity contribution in [1.29, 1.82) is 0 Å². The summed E-state index contributed by atoms with van der Waals surface area (Å²) in [6.45, 7) is 4.55. The van der Waals surface area contributed by atoms with Crippen molar-refractivity contribution in [3.63, 3.8) is 0 Å². The van der Waals surface area contributed by atoms with Crippen LogP contribution in [0.3, 0.4) is 0 Å². The van der Waals surface area contributed by atoms with Crippen LogP contribution in [-0.2, 0) is 14.8 Å². The fraction of sp³-hybridized carbons (Fsp3) is 0.562. The minimum Gasteiger partial charge on any atom is -0.355 e. The summed E-state index contributed by atoms with van der Waals surface area (Å²) in [6.07, 6.45) is 1.97. The van der Waals surface area contributed by atoms with Gasteiger partial charge < -0.3 is 5.32 Å². The summed E-state index contributed by atoms with van der Waals surface area (Å²) in [5, 5.41) is 2.85. The van der Waals surface area contributed by atoms with Crippen molar-refractivity contribution in [2.24, 2.45) is 0 Å². The number of nitrogens with one attached hydrogen (secondary N) is 1. The van der Waals surface area contributed by atoms with Gasteiger partial charge in [0, 0.05) is 32.7 Å². The number of piperazine rings is 1. The maximum Gasteiger partial charge on any atom is 0.243 e. The smallest absolute Gasteiger partial charge is 0.243 e. The van der Waals surface area contributed by atoms with Crippen molar-refractivity contribution in [1.82, 2.24) is 14.5 Å². The molecule has 1 N–H and O–H groups in total. The maximum absolute atomic E-state index is 13.3. The van der Waals surface area contributed by atoms with Crippen LogP contribution in [0.15, 0.2) is 29.2 Å². The normalized spacial score (nSPS) is 16.9. The molecule has 6 nitrogen and oxygen atoms in total. The Bertz CT molecular complexity index is 658. The maximum atomic E-state index is 13.3. The Kier molecular flexibility index (Phi) is 6.70. The van der Waals surface area contributed by atoms with Crippen molar-refractivity contribution < 1.29 is 17.6 Å². The summed E-state index contributed by atoms with van der Waals surface area (Å²) in [7, 11) is -3.69. The van der Waals surface area contributed by atoms with Crippen LogP contribution in [0, 0.1) is 5.82 Å². The highest BCUT2D eigenvalue weighted by atomic mass is 32.2. The molecular formula is C16H24FN3O3S. The second-order valence-corrected chi connectivity index (χ2v) is 7.78. The molecular weight excluding hydrogens is 333 g/mol. The number of carbonyl (C=O) groups excluding carboxylic acids is 1. The van der Waals surface area contributed by atoms with Crippen LogP contribution in [0.1, 0.15) is 19.8 Å². The summed E-state index contributed by atoms with van der Waals surface area (Å²) in [5.74, 6) is -0.608. The van der Waals surface area contributed by atoms with Gasteiger partial charge in [0.15, 0.2) is 0 Å². The van der Waals surface area contributed by atoms with Crippen LogP contribution in [0.4, 0.5) is 4.39 Å². The van der Waals surface area contributed by atoms with Crippen molar-refractivity contribution in [3.8, 4) is 0 Å². The molecule has 24 heavy (non-hydrogen) atoms. The SMILES string of the molecule is CCCCNC(=O)CN1CCN(S(=O)(=O)c2cccc(F)c2)CC1. The first-order valence-electron chi connectivity index (χ1n) is 8.18. The molecule has 1 saturated heterocycles. The van der Waals surface area contributed by atoms with E-state index in [4.69, 9.17) is 0 Å². The van der Waals surface area contributed by atoms with Crippen molar-refractivity contribution >= 4 is 15.9 Å². The monoisotopic (exact) mass is 357 g/mol. The van der Waals surface area contributed by atoms with Crippen molar-refractivity contribution in [2.45, 2.75) is 24.7 Å². The highest BCUT2D eigenvalue weighted by Gasteiger charge is 2.29. The fourth-order valence-corrected chi connectivity index (χ4v) is 4.02. The molecule has 1 fully saturated rings. The molecule has 0 atom stereocenters. The molecule has 2 rings (SSSR count). The van der Waals surface area contributed by atoms with Gasteiger partial charge in [-0.3, -0.25) is 9.69 Å². The fourth-order valence-electron chi connectivity index (χ4n) is 2.57. The van der Waals surface area contributed by atoms with Crippen LogP contribution in [0.25, 0.3) is 0 Å². The molecule has 1 aromatic rings. The Labute approximate surface area is 142 Å². The molecule has 0 saturated carbocycles. The van der Waals surface area contributed by atoms with E-state index in [2.05, 4.69) is 12.2 Å². The molecule has 0 bridgehead atoms. The minimum atomic E-state index is -3.69. The van der Waals surface area contributed by atoms with Crippen LogP contribution >= 0.6 is 0 Å². The molecule has 1 aliphatic heterocycles. The number of unbranched alkanes of at least 4 members (excludes halogenated alkanes) is 1. The third kappa shape index (κ3) is 4.99. The number of sulfonamides is 1. The van der Waals surface area contributed by atoms with Gasteiger partial charge in [0.25, 0.3) is 0 Å². The van der Waals surface area contributed by atoms with E-state index in [0.717, 1.165) is 18.9 Å². The molecule has 0 aromatic heterocycles. The van der Waals surface area contributed by atoms with Crippen LogP contribution < -0.4 is 5.32 Å². The lowest BCUT2D eigenvalue weighted by atomic mass is 10.3. The standard InChI is InChI=1S/C16H24FN3O3S/c1-2-3-7-18-16(21)13-19-8-10-20(11-9-19)24(22,23)15-6-4-5-14(17)12-15/h4-6,12H,2-3,7-11,13H2,1H3,(H,18,21). The predicted octanol–water partition coefficient (Wildman–Crippen LogP) is 1.05.